The van der Waals surface area contributed by atoms with Gasteiger partial charge < -0.3 is 9.22 Å². The third kappa shape index (κ3) is 3.75. The zero-order valence-electron chi connectivity index (χ0n) is 10.9. The SMILES string of the molecule is C=C(C)C(=O)C1(C[N+](C)(C)C)OCC[PH](=O)O1. The van der Waals surface area contributed by atoms with Crippen molar-refractivity contribution >= 4 is 13.8 Å². The van der Waals surface area contributed by atoms with Gasteiger partial charge in [0.2, 0.25) is 5.78 Å². The molecule has 0 radical (unpaired) electrons. The second-order valence-corrected chi connectivity index (χ2v) is 6.83. The summed E-state index contributed by atoms with van der Waals surface area (Å²) >= 11 is 0. The summed E-state index contributed by atoms with van der Waals surface area (Å²) in [6, 6.07) is 0. The zero-order valence-corrected chi connectivity index (χ0v) is 11.9. The average molecular weight is 262 g/mol. The van der Waals surface area contributed by atoms with Gasteiger partial charge in [-0.05, 0) is 12.5 Å². The van der Waals surface area contributed by atoms with Gasteiger partial charge in [0, 0.05) is 6.16 Å². The molecule has 2 unspecified atom stereocenters. The first kappa shape index (κ1) is 14.6. The first-order chi connectivity index (χ1) is 7.66. The monoisotopic (exact) mass is 262 g/mol. The predicted molar refractivity (Wildman–Crippen MR) is 66.4 cm³/mol. The lowest BCUT2D eigenvalue weighted by atomic mass is 10.0. The highest BCUT2D eigenvalue weighted by atomic mass is 31.1. The van der Waals surface area contributed by atoms with Crippen molar-refractivity contribution in [2.45, 2.75) is 12.7 Å². The van der Waals surface area contributed by atoms with Crippen LogP contribution in [0.5, 0.6) is 0 Å². The van der Waals surface area contributed by atoms with Gasteiger partial charge in [-0.2, -0.15) is 0 Å². The van der Waals surface area contributed by atoms with Crippen LogP contribution in [0.4, 0.5) is 0 Å². The van der Waals surface area contributed by atoms with E-state index >= 15 is 0 Å². The Morgan fingerprint density at radius 3 is 2.47 bits per heavy atom. The number of rotatable bonds is 4. The molecule has 0 aromatic heterocycles. The number of nitrogens with zero attached hydrogens (tertiary/aromatic N) is 1. The summed E-state index contributed by atoms with van der Waals surface area (Å²) in [7, 11) is 3.57. The standard InChI is InChI=1S/C11H21NO4P/c1-9(2)10(13)11(8-12(3,4)5)15-6-7-17(14)16-11/h17H,1,6-8H2,2-5H3/q+1. The Morgan fingerprint density at radius 1 is 1.47 bits per heavy atom. The maximum atomic E-state index is 12.2. The lowest BCUT2D eigenvalue weighted by Crippen LogP contribution is -2.57. The Morgan fingerprint density at radius 2 is 2.06 bits per heavy atom. The van der Waals surface area contributed by atoms with E-state index in [1.165, 1.54) is 0 Å². The Labute approximate surface area is 103 Å². The van der Waals surface area contributed by atoms with Gasteiger partial charge in [-0.15, -0.1) is 0 Å². The van der Waals surface area contributed by atoms with Gasteiger partial charge in [-0.1, -0.05) is 6.58 Å². The topological polar surface area (TPSA) is 52.6 Å². The smallest absolute Gasteiger partial charge is 0.289 e. The molecule has 1 aliphatic rings. The predicted octanol–water partition coefficient (Wildman–Crippen LogP) is 1.06. The Bertz CT molecular complexity index is 361. The molecule has 0 N–H and O–H groups in total. The van der Waals surface area contributed by atoms with Gasteiger partial charge in [-0.3, -0.25) is 13.9 Å². The summed E-state index contributed by atoms with van der Waals surface area (Å²) in [6.07, 6.45) is 0.368. The molecular weight excluding hydrogens is 241 g/mol. The fourth-order valence-corrected chi connectivity index (χ4v) is 2.73. The van der Waals surface area contributed by atoms with Crippen molar-refractivity contribution in [3.05, 3.63) is 12.2 Å². The summed E-state index contributed by atoms with van der Waals surface area (Å²) < 4.78 is 22.9. The number of carbonyl (C=O) groups excluding carboxylic acids is 1. The molecule has 5 nitrogen and oxygen atoms in total. The largest absolute Gasteiger partial charge is 0.338 e. The van der Waals surface area contributed by atoms with Crippen LogP contribution in [-0.2, 0) is 18.6 Å². The van der Waals surface area contributed by atoms with E-state index in [0.29, 0.717) is 22.8 Å². The van der Waals surface area contributed by atoms with Crippen LogP contribution in [-0.4, -0.2) is 56.5 Å². The van der Waals surface area contributed by atoms with Gasteiger partial charge in [0.1, 0.15) is 6.54 Å². The van der Waals surface area contributed by atoms with Crippen molar-refractivity contribution in [2.75, 3.05) is 40.5 Å². The fourth-order valence-electron chi connectivity index (χ4n) is 1.77. The molecule has 0 spiro atoms. The van der Waals surface area contributed by atoms with E-state index in [9.17, 15) is 9.36 Å². The van der Waals surface area contributed by atoms with Crippen molar-refractivity contribution in [3.63, 3.8) is 0 Å². The highest BCUT2D eigenvalue weighted by Crippen LogP contribution is 2.38. The van der Waals surface area contributed by atoms with Crippen LogP contribution in [0.1, 0.15) is 6.92 Å². The average Bonchev–Trinajstić information content (AvgIpc) is 2.13. The van der Waals surface area contributed by atoms with Crippen LogP contribution in [0.2, 0.25) is 0 Å². The highest BCUT2D eigenvalue weighted by molar-refractivity contribution is 7.39. The molecule has 6 heteroatoms. The zero-order chi connectivity index (χ0) is 13.3. The third-order valence-corrected chi connectivity index (χ3v) is 3.51. The van der Waals surface area contributed by atoms with E-state index < -0.39 is 13.8 Å². The summed E-state index contributed by atoms with van der Waals surface area (Å²) in [6.45, 7) is 5.84. The lowest BCUT2D eigenvalue weighted by molar-refractivity contribution is -0.878. The molecule has 1 rings (SSSR count). The number of hydrogen-bond donors (Lipinski definition) is 0. The minimum atomic E-state index is -2.19. The van der Waals surface area contributed by atoms with E-state index in [2.05, 4.69) is 6.58 Å². The molecule has 0 saturated carbocycles. The van der Waals surface area contributed by atoms with Crippen LogP contribution in [0.3, 0.4) is 0 Å². The van der Waals surface area contributed by atoms with E-state index in [1.807, 2.05) is 21.1 Å². The van der Waals surface area contributed by atoms with Crippen molar-refractivity contribution in [2.24, 2.45) is 0 Å². The number of hydrogen-bond acceptors (Lipinski definition) is 4. The van der Waals surface area contributed by atoms with Gasteiger partial charge in [0.15, 0.2) is 8.03 Å². The molecule has 98 valence electrons. The van der Waals surface area contributed by atoms with Crippen molar-refractivity contribution in [1.82, 2.24) is 0 Å². The molecule has 17 heavy (non-hydrogen) atoms. The molecule has 1 aliphatic heterocycles. The normalized spacial score (nSPS) is 30.0. The van der Waals surface area contributed by atoms with Gasteiger partial charge in [-0.25, -0.2) is 0 Å². The van der Waals surface area contributed by atoms with Gasteiger partial charge in [0.05, 0.1) is 27.7 Å². The molecule has 0 amide bonds. The molecule has 1 fully saturated rings. The molecule has 2 atom stereocenters. The summed E-state index contributed by atoms with van der Waals surface area (Å²) in [5.41, 5.74) is 0.357. The van der Waals surface area contributed by atoms with Crippen LogP contribution >= 0.6 is 8.03 Å². The quantitative estimate of drug-likeness (QED) is 0.432. The van der Waals surface area contributed by atoms with Crippen molar-refractivity contribution in [1.29, 1.82) is 0 Å². The Kier molecular flexibility index (Phi) is 4.31. The number of quaternary nitrogens is 1. The van der Waals surface area contributed by atoms with Crippen LogP contribution in [0.25, 0.3) is 0 Å². The molecule has 1 heterocycles. The number of ether oxygens (including phenoxy) is 1. The second-order valence-electron chi connectivity index (χ2n) is 5.38. The number of Topliss-reactive ketones (excluding diaryl/α,β-unsaturated/α-hetero) is 1. The van der Waals surface area contributed by atoms with Gasteiger partial charge >= 0.3 is 0 Å². The molecule has 0 aliphatic carbocycles. The maximum Gasteiger partial charge on any atom is 0.289 e. The van der Waals surface area contributed by atoms with E-state index in [0.717, 1.165) is 0 Å². The summed E-state index contributed by atoms with van der Waals surface area (Å²) in [4.78, 5) is 12.2. The number of carbonyl (C=O) groups is 1. The summed E-state index contributed by atoms with van der Waals surface area (Å²) in [5, 5.41) is 0. The van der Waals surface area contributed by atoms with Crippen molar-refractivity contribution in [3.8, 4) is 0 Å². The maximum absolute atomic E-state index is 12.2. The number of likely N-dealkylation sites (N-methyl/N-ethyl adjacent to an activating group) is 1. The highest BCUT2D eigenvalue weighted by Gasteiger charge is 2.49. The van der Waals surface area contributed by atoms with Gasteiger partial charge in [0.25, 0.3) is 5.79 Å². The lowest BCUT2D eigenvalue weighted by Gasteiger charge is -2.39. The molecule has 0 aromatic carbocycles. The number of ketones is 1. The van der Waals surface area contributed by atoms with Crippen LogP contribution < -0.4 is 0 Å². The molecular formula is C11H21NO4P+. The molecule has 0 aromatic rings. The van der Waals surface area contributed by atoms with Crippen LogP contribution in [0, 0.1) is 0 Å². The molecule has 0 bridgehead atoms. The Hall–Kier alpha value is -0.480. The minimum Gasteiger partial charge on any atom is -0.338 e. The first-order valence-electron chi connectivity index (χ1n) is 5.53. The van der Waals surface area contributed by atoms with E-state index in [-0.39, 0.29) is 12.4 Å². The summed E-state index contributed by atoms with van der Waals surface area (Å²) in [5.74, 6) is -1.73. The van der Waals surface area contributed by atoms with Crippen LogP contribution in [0.15, 0.2) is 12.2 Å². The Balaban J connectivity index is 3.03. The third-order valence-electron chi connectivity index (χ3n) is 2.34. The van der Waals surface area contributed by atoms with E-state index in [1.54, 1.807) is 6.92 Å². The molecule has 1 saturated heterocycles. The van der Waals surface area contributed by atoms with E-state index in [4.69, 9.17) is 9.26 Å². The second kappa shape index (κ2) is 5.02. The van der Waals surface area contributed by atoms with Crippen molar-refractivity contribution < 1.29 is 23.1 Å². The minimum absolute atomic E-state index is 0.289. The first-order valence-corrected chi connectivity index (χ1v) is 7.05. The fraction of sp³-hybridized carbons (Fsp3) is 0.727.